The van der Waals surface area contributed by atoms with Gasteiger partial charge in [0.15, 0.2) is 0 Å². The molecule has 21 heavy (non-hydrogen) atoms. The Bertz CT molecular complexity index is 606. The molecule has 112 valence electrons. The lowest BCUT2D eigenvalue weighted by Gasteiger charge is -2.16. The van der Waals surface area contributed by atoms with E-state index < -0.39 is 0 Å². The Hall–Kier alpha value is -1.81. The van der Waals surface area contributed by atoms with Gasteiger partial charge in [-0.3, -0.25) is 4.68 Å². The second-order valence-corrected chi connectivity index (χ2v) is 5.64. The van der Waals surface area contributed by atoms with Gasteiger partial charge in [-0.2, -0.15) is 5.10 Å². The predicted molar refractivity (Wildman–Crippen MR) is 83.6 cm³/mol. The van der Waals surface area contributed by atoms with Crippen LogP contribution < -0.4 is 10.1 Å². The van der Waals surface area contributed by atoms with Gasteiger partial charge in [-0.1, -0.05) is 19.1 Å². The van der Waals surface area contributed by atoms with Crippen LogP contribution in [0.1, 0.15) is 36.1 Å². The van der Waals surface area contributed by atoms with E-state index in [4.69, 9.17) is 4.74 Å². The quantitative estimate of drug-likeness (QED) is 0.887. The molecule has 4 nitrogen and oxygen atoms in total. The summed E-state index contributed by atoms with van der Waals surface area (Å²) in [6.45, 7) is 3.95. The summed E-state index contributed by atoms with van der Waals surface area (Å²) in [6.07, 6.45) is 7.26. The van der Waals surface area contributed by atoms with Crippen molar-refractivity contribution in [1.29, 1.82) is 0 Å². The van der Waals surface area contributed by atoms with E-state index in [1.165, 1.54) is 16.7 Å². The van der Waals surface area contributed by atoms with E-state index in [0.717, 1.165) is 38.2 Å². The maximum atomic E-state index is 5.57. The Morgan fingerprint density at radius 3 is 3.10 bits per heavy atom. The van der Waals surface area contributed by atoms with Gasteiger partial charge in [0.2, 0.25) is 0 Å². The van der Waals surface area contributed by atoms with Crippen molar-refractivity contribution in [1.82, 2.24) is 15.1 Å². The van der Waals surface area contributed by atoms with E-state index in [1.807, 2.05) is 17.9 Å². The second kappa shape index (κ2) is 6.31. The SMILES string of the molecule is CCNC(CCc1ccc2c(c1)CCO2)c1cnn(C)c1. The van der Waals surface area contributed by atoms with Crippen molar-refractivity contribution in [3.05, 3.63) is 47.3 Å². The van der Waals surface area contributed by atoms with Crippen LogP contribution in [0.5, 0.6) is 5.75 Å². The number of nitrogens with zero attached hydrogens (tertiary/aromatic N) is 2. The average Bonchev–Trinajstić information content (AvgIpc) is 3.11. The molecular formula is C17H23N3O. The van der Waals surface area contributed by atoms with Crippen molar-refractivity contribution in [3.8, 4) is 5.75 Å². The molecule has 3 rings (SSSR count). The highest BCUT2D eigenvalue weighted by Gasteiger charge is 2.15. The molecule has 0 radical (unpaired) electrons. The second-order valence-electron chi connectivity index (χ2n) is 5.64. The predicted octanol–water partition coefficient (Wildman–Crippen LogP) is 2.64. The smallest absolute Gasteiger partial charge is 0.122 e. The third-order valence-corrected chi connectivity index (χ3v) is 4.05. The summed E-state index contributed by atoms with van der Waals surface area (Å²) < 4.78 is 7.43. The molecule has 2 heterocycles. The number of benzene rings is 1. The fraction of sp³-hybridized carbons (Fsp3) is 0.471. The Morgan fingerprint density at radius 1 is 1.43 bits per heavy atom. The van der Waals surface area contributed by atoms with Gasteiger partial charge < -0.3 is 10.1 Å². The van der Waals surface area contributed by atoms with Crippen molar-refractivity contribution < 1.29 is 4.74 Å². The molecule has 1 N–H and O–H groups in total. The number of fused-ring (bicyclic) bond motifs is 1. The summed E-state index contributed by atoms with van der Waals surface area (Å²) in [5.41, 5.74) is 4.02. The molecule has 2 aromatic rings. The lowest BCUT2D eigenvalue weighted by molar-refractivity contribution is 0.357. The Labute approximate surface area is 126 Å². The first-order valence-electron chi connectivity index (χ1n) is 7.73. The Morgan fingerprint density at radius 2 is 2.33 bits per heavy atom. The van der Waals surface area contributed by atoms with E-state index in [-0.39, 0.29) is 0 Å². The standard InChI is InChI=1S/C17H23N3O/c1-3-18-16(15-11-19-20(2)12-15)6-4-13-5-7-17-14(10-13)8-9-21-17/h5,7,10-12,16,18H,3-4,6,8-9H2,1-2H3. The summed E-state index contributed by atoms with van der Waals surface area (Å²) in [4.78, 5) is 0. The van der Waals surface area contributed by atoms with Crippen LogP contribution in [0, 0.1) is 0 Å². The molecule has 1 aromatic carbocycles. The molecular weight excluding hydrogens is 262 g/mol. The van der Waals surface area contributed by atoms with Crippen LogP contribution in [0.3, 0.4) is 0 Å². The fourth-order valence-corrected chi connectivity index (χ4v) is 2.96. The van der Waals surface area contributed by atoms with Crippen LogP contribution >= 0.6 is 0 Å². The summed E-state index contributed by atoms with van der Waals surface area (Å²) in [5.74, 6) is 1.06. The minimum atomic E-state index is 0.369. The summed E-state index contributed by atoms with van der Waals surface area (Å²) >= 11 is 0. The van der Waals surface area contributed by atoms with E-state index >= 15 is 0 Å². The summed E-state index contributed by atoms with van der Waals surface area (Å²) in [6, 6.07) is 6.97. The summed E-state index contributed by atoms with van der Waals surface area (Å²) in [5, 5.41) is 7.84. The van der Waals surface area contributed by atoms with Crippen LogP contribution in [-0.4, -0.2) is 22.9 Å². The molecule has 0 aliphatic carbocycles. The monoisotopic (exact) mass is 285 g/mol. The number of ether oxygens (including phenoxy) is 1. The van der Waals surface area contributed by atoms with Crippen LogP contribution in [-0.2, 0) is 19.9 Å². The lowest BCUT2D eigenvalue weighted by Crippen LogP contribution is -2.21. The van der Waals surface area contributed by atoms with Crippen molar-refractivity contribution >= 4 is 0 Å². The van der Waals surface area contributed by atoms with E-state index in [2.05, 4.69) is 41.7 Å². The third kappa shape index (κ3) is 3.27. The summed E-state index contributed by atoms with van der Waals surface area (Å²) in [7, 11) is 1.97. The fourth-order valence-electron chi connectivity index (χ4n) is 2.96. The number of hydrogen-bond acceptors (Lipinski definition) is 3. The van der Waals surface area contributed by atoms with Gasteiger partial charge in [0.25, 0.3) is 0 Å². The minimum Gasteiger partial charge on any atom is -0.493 e. The largest absolute Gasteiger partial charge is 0.493 e. The molecule has 0 amide bonds. The number of hydrogen-bond donors (Lipinski definition) is 1. The highest BCUT2D eigenvalue weighted by Crippen LogP contribution is 2.27. The number of rotatable bonds is 6. The molecule has 1 atom stereocenters. The molecule has 1 aliphatic rings. The Balaban J connectivity index is 1.66. The van der Waals surface area contributed by atoms with Crippen molar-refractivity contribution in [2.45, 2.75) is 32.2 Å². The number of aromatic nitrogens is 2. The first-order valence-corrected chi connectivity index (χ1v) is 7.73. The van der Waals surface area contributed by atoms with E-state index in [1.54, 1.807) is 0 Å². The van der Waals surface area contributed by atoms with Crippen molar-refractivity contribution in [3.63, 3.8) is 0 Å². The van der Waals surface area contributed by atoms with Gasteiger partial charge >= 0.3 is 0 Å². The van der Waals surface area contributed by atoms with Gasteiger partial charge in [-0.15, -0.1) is 0 Å². The molecule has 1 aliphatic heterocycles. The molecule has 0 spiro atoms. The molecule has 1 unspecified atom stereocenters. The lowest BCUT2D eigenvalue weighted by atomic mass is 9.99. The van der Waals surface area contributed by atoms with Crippen LogP contribution in [0.25, 0.3) is 0 Å². The average molecular weight is 285 g/mol. The van der Waals surface area contributed by atoms with Crippen molar-refractivity contribution in [2.24, 2.45) is 7.05 Å². The highest BCUT2D eigenvalue weighted by atomic mass is 16.5. The molecule has 1 aromatic heterocycles. The molecule has 0 bridgehead atoms. The van der Waals surface area contributed by atoms with Crippen molar-refractivity contribution in [2.75, 3.05) is 13.2 Å². The zero-order chi connectivity index (χ0) is 14.7. The van der Waals surface area contributed by atoms with Crippen LogP contribution in [0.2, 0.25) is 0 Å². The Kier molecular flexibility index (Phi) is 4.25. The maximum Gasteiger partial charge on any atom is 0.122 e. The van der Waals surface area contributed by atoms with Gasteiger partial charge in [0, 0.05) is 31.3 Å². The van der Waals surface area contributed by atoms with E-state index in [9.17, 15) is 0 Å². The van der Waals surface area contributed by atoms with Gasteiger partial charge in [-0.25, -0.2) is 0 Å². The van der Waals surface area contributed by atoms with Crippen LogP contribution in [0.4, 0.5) is 0 Å². The zero-order valence-electron chi connectivity index (χ0n) is 12.8. The molecule has 0 saturated carbocycles. The van der Waals surface area contributed by atoms with Gasteiger partial charge in [0.05, 0.1) is 12.8 Å². The topological polar surface area (TPSA) is 39.1 Å². The molecule has 0 fully saturated rings. The van der Waals surface area contributed by atoms with E-state index in [0.29, 0.717) is 6.04 Å². The highest BCUT2D eigenvalue weighted by molar-refractivity contribution is 5.39. The number of aryl methyl sites for hydroxylation is 2. The maximum absolute atomic E-state index is 5.57. The molecule has 0 saturated heterocycles. The first-order chi connectivity index (χ1) is 10.3. The zero-order valence-corrected chi connectivity index (χ0v) is 12.8. The normalized spacial score (nSPS) is 14.8. The number of nitrogens with one attached hydrogen (secondary N) is 1. The third-order valence-electron chi connectivity index (χ3n) is 4.05. The first kappa shape index (κ1) is 14.1. The van der Waals surface area contributed by atoms with Gasteiger partial charge in [0.1, 0.15) is 5.75 Å². The minimum absolute atomic E-state index is 0.369. The van der Waals surface area contributed by atoms with Crippen LogP contribution in [0.15, 0.2) is 30.6 Å². The molecule has 4 heteroatoms. The van der Waals surface area contributed by atoms with Gasteiger partial charge in [-0.05, 0) is 36.6 Å².